The lowest BCUT2D eigenvalue weighted by atomic mass is 10.2. The van der Waals surface area contributed by atoms with E-state index in [-0.39, 0.29) is 6.42 Å². The molecule has 0 bridgehead atoms. The first-order valence-electron chi connectivity index (χ1n) is 8.30. The van der Waals surface area contributed by atoms with Crippen LogP contribution in [0.1, 0.15) is 5.56 Å². The number of esters is 1. The Hall–Kier alpha value is -3.55. The van der Waals surface area contributed by atoms with Crippen LogP contribution in [0.25, 0.3) is 0 Å². The number of amides is 3. The van der Waals surface area contributed by atoms with Gasteiger partial charge >= 0.3 is 12.0 Å². The number of hydrogen-bond acceptors (Lipinski definition) is 6. The number of ether oxygens (including phenoxy) is 3. The highest BCUT2D eigenvalue weighted by molar-refractivity contribution is 6.02. The van der Waals surface area contributed by atoms with Crippen molar-refractivity contribution in [1.29, 1.82) is 0 Å². The summed E-state index contributed by atoms with van der Waals surface area (Å²) in [7, 11) is 0. The van der Waals surface area contributed by atoms with Crippen LogP contribution in [0.5, 0.6) is 11.5 Å². The molecule has 0 fully saturated rings. The van der Waals surface area contributed by atoms with Gasteiger partial charge in [0.05, 0.1) is 6.42 Å². The monoisotopic (exact) mass is 370 g/mol. The molecular formula is C19H18N2O6. The van der Waals surface area contributed by atoms with Crippen molar-refractivity contribution in [3.05, 3.63) is 54.1 Å². The fourth-order valence-corrected chi connectivity index (χ4v) is 2.41. The first-order valence-corrected chi connectivity index (χ1v) is 8.30. The maximum atomic E-state index is 11.9. The number of benzene rings is 2. The van der Waals surface area contributed by atoms with E-state index in [2.05, 4.69) is 10.6 Å². The van der Waals surface area contributed by atoms with Crippen LogP contribution in [0.3, 0.4) is 0 Å². The lowest BCUT2D eigenvalue weighted by Crippen LogP contribution is -2.37. The number of carbonyl (C=O) groups is 3. The Bertz CT molecular complexity index is 837. The Kier molecular flexibility index (Phi) is 5.88. The van der Waals surface area contributed by atoms with Crippen LogP contribution in [0.2, 0.25) is 0 Å². The topological polar surface area (TPSA) is 103 Å². The number of urea groups is 1. The van der Waals surface area contributed by atoms with Gasteiger partial charge in [-0.25, -0.2) is 4.79 Å². The van der Waals surface area contributed by atoms with Gasteiger partial charge in [-0.3, -0.25) is 14.9 Å². The van der Waals surface area contributed by atoms with Gasteiger partial charge in [-0.15, -0.1) is 0 Å². The first-order chi connectivity index (χ1) is 13.1. The third-order valence-electron chi connectivity index (χ3n) is 3.61. The third-order valence-corrected chi connectivity index (χ3v) is 3.61. The number of carbonyl (C=O) groups excluding carboxylic acids is 3. The molecule has 27 heavy (non-hydrogen) atoms. The van der Waals surface area contributed by atoms with Crippen LogP contribution < -0.4 is 20.1 Å². The predicted octanol–water partition coefficient (Wildman–Crippen LogP) is 1.89. The molecule has 3 amide bonds. The van der Waals surface area contributed by atoms with Crippen LogP contribution in [-0.2, 0) is 20.7 Å². The van der Waals surface area contributed by atoms with E-state index in [1.165, 1.54) is 0 Å². The van der Waals surface area contributed by atoms with Gasteiger partial charge in [0.1, 0.15) is 13.2 Å². The summed E-state index contributed by atoms with van der Waals surface area (Å²) in [6.07, 6.45) is 0.0531. The van der Waals surface area contributed by atoms with Crippen molar-refractivity contribution in [2.45, 2.75) is 6.42 Å². The summed E-state index contributed by atoms with van der Waals surface area (Å²) in [6, 6.07) is 13.1. The highest BCUT2D eigenvalue weighted by Crippen LogP contribution is 2.32. The first kappa shape index (κ1) is 18.2. The number of nitrogens with one attached hydrogen (secondary N) is 2. The molecule has 140 valence electrons. The molecule has 8 heteroatoms. The second-order valence-corrected chi connectivity index (χ2v) is 5.68. The summed E-state index contributed by atoms with van der Waals surface area (Å²) in [4.78, 5) is 35.3. The van der Waals surface area contributed by atoms with Gasteiger partial charge in [-0.1, -0.05) is 30.3 Å². The zero-order chi connectivity index (χ0) is 19.1. The minimum Gasteiger partial charge on any atom is -0.486 e. The average Bonchev–Trinajstić information content (AvgIpc) is 2.67. The van der Waals surface area contributed by atoms with Crippen LogP contribution in [-0.4, -0.2) is 37.7 Å². The molecule has 1 heterocycles. The van der Waals surface area contributed by atoms with Crippen LogP contribution in [0, 0.1) is 0 Å². The van der Waals surface area contributed by atoms with E-state index in [0.717, 1.165) is 5.56 Å². The normalized spacial score (nSPS) is 12.0. The van der Waals surface area contributed by atoms with E-state index in [0.29, 0.717) is 30.4 Å². The minimum atomic E-state index is -0.740. The third kappa shape index (κ3) is 5.46. The van der Waals surface area contributed by atoms with Gasteiger partial charge in [0.2, 0.25) is 0 Å². The molecule has 0 atom stereocenters. The quantitative estimate of drug-likeness (QED) is 0.779. The number of hydrogen-bond donors (Lipinski definition) is 2. The fraction of sp³-hybridized carbons (Fsp3) is 0.211. The molecule has 8 nitrogen and oxygen atoms in total. The molecule has 2 aromatic rings. The molecule has 2 aromatic carbocycles. The van der Waals surface area contributed by atoms with Crippen molar-refractivity contribution in [1.82, 2.24) is 5.32 Å². The molecule has 0 spiro atoms. The van der Waals surface area contributed by atoms with E-state index >= 15 is 0 Å². The lowest BCUT2D eigenvalue weighted by molar-refractivity contribution is -0.147. The Morgan fingerprint density at radius 2 is 1.70 bits per heavy atom. The van der Waals surface area contributed by atoms with E-state index in [1.54, 1.807) is 42.5 Å². The van der Waals surface area contributed by atoms with Gasteiger partial charge < -0.3 is 19.5 Å². The maximum Gasteiger partial charge on any atom is 0.325 e. The van der Waals surface area contributed by atoms with Gasteiger partial charge in [0.25, 0.3) is 5.91 Å². The van der Waals surface area contributed by atoms with Crippen LogP contribution in [0.4, 0.5) is 10.5 Å². The minimum absolute atomic E-state index is 0.0531. The Morgan fingerprint density at radius 1 is 0.963 bits per heavy atom. The number of anilines is 1. The van der Waals surface area contributed by atoms with Crippen molar-refractivity contribution in [3.8, 4) is 11.5 Å². The molecule has 1 aliphatic rings. The predicted molar refractivity (Wildman–Crippen MR) is 95.7 cm³/mol. The van der Waals surface area contributed by atoms with Gasteiger partial charge in [0, 0.05) is 11.8 Å². The van der Waals surface area contributed by atoms with E-state index in [1.807, 2.05) is 6.07 Å². The fourth-order valence-electron chi connectivity index (χ4n) is 2.41. The van der Waals surface area contributed by atoms with Gasteiger partial charge in [-0.05, 0) is 17.7 Å². The van der Waals surface area contributed by atoms with Gasteiger partial charge in [0.15, 0.2) is 18.1 Å². The van der Waals surface area contributed by atoms with Crippen molar-refractivity contribution >= 4 is 23.6 Å². The summed E-state index contributed by atoms with van der Waals surface area (Å²) in [5, 5.41) is 4.59. The average molecular weight is 370 g/mol. The Balaban J connectivity index is 1.42. The second kappa shape index (κ2) is 8.70. The number of fused-ring (bicyclic) bond motifs is 1. The molecule has 0 saturated carbocycles. The summed E-state index contributed by atoms with van der Waals surface area (Å²) in [5.74, 6) is -0.177. The van der Waals surface area contributed by atoms with E-state index < -0.39 is 24.5 Å². The molecule has 0 saturated heterocycles. The largest absolute Gasteiger partial charge is 0.486 e. The Morgan fingerprint density at radius 3 is 2.48 bits per heavy atom. The highest BCUT2D eigenvalue weighted by atomic mass is 16.6. The SMILES string of the molecule is O=C(COC(=O)Cc1ccccc1)NC(=O)Nc1ccc2c(c1)OCCO2. The summed E-state index contributed by atoms with van der Waals surface area (Å²) in [5.41, 5.74) is 1.21. The summed E-state index contributed by atoms with van der Waals surface area (Å²) >= 11 is 0. The molecule has 2 N–H and O–H groups in total. The zero-order valence-corrected chi connectivity index (χ0v) is 14.4. The zero-order valence-electron chi connectivity index (χ0n) is 14.4. The van der Waals surface area contributed by atoms with Crippen molar-refractivity contribution < 1.29 is 28.6 Å². The summed E-state index contributed by atoms with van der Waals surface area (Å²) in [6.45, 7) is 0.355. The maximum absolute atomic E-state index is 11.9. The van der Waals surface area contributed by atoms with Crippen molar-refractivity contribution in [2.24, 2.45) is 0 Å². The molecule has 0 unspecified atom stereocenters. The molecule has 1 aliphatic heterocycles. The molecule has 0 radical (unpaired) electrons. The molecule has 3 rings (SSSR count). The van der Waals surface area contributed by atoms with E-state index in [4.69, 9.17) is 14.2 Å². The van der Waals surface area contributed by atoms with E-state index in [9.17, 15) is 14.4 Å². The number of imide groups is 1. The van der Waals surface area contributed by atoms with Crippen molar-refractivity contribution in [2.75, 3.05) is 25.1 Å². The van der Waals surface area contributed by atoms with Gasteiger partial charge in [-0.2, -0.15) is 0 Å². The molecule has 0 aromatic heterocycles. The smallest absolute Gasteiger partial charge is 0.325 e. The highest BCUT2D eigenvalue weighted by Gasteiger charge is 2.14. The van der Waals surface area contributed by atoms with Crippen LogP contribution >= 0.6 is 0 Å². The lowest BCUT2D eigenvalue weighted by Gasteiger charge is -2.19. The van der Waals surface area contributed by atoms with Crippen LogP contribution in [0.15, 0.2) is 48.5 Å². The number of rotatable bonds is 5. The standard InChI is InChI=1S/C19H18N2O6/c22-17(12-27-18(23)10-13-4-2-1-3-5-13)21-19(24)20-14-6-7-15-16(11-14)26-9-8-25-15/h1-7,11H,8-10,12H2,(H2,20,21,22,24). The molecular weight excluding hydrogens is 352 g/mol. The molecule has 0 aliphatic carbocycles. The summed E-state index contributed by atoms with van der Waals surface area (Å²) < 4.78 is 15.7. The Labute approximate surface area is 155 Å². The second-order valence-electron chi connectivity index (χ2n) is 5.68. The van der Waals surface area contributed by atoms with Crippen molar-refractivity contribution in [3.63, 3.8) is 0 Å².